The second-order valence-corrected chi connectivity index (χ2v) is 6.22. The van der Waals surface area contributed by atoms with Gasteiger partial charge in [-0.05, 0) is 31.8 Å². The van der Waals surface area contributed by atoms with Crippen molar-refractivity contribution in [2.24, 2.45) is 0 Å². The molecule has 0 aliphatic carbocycles. The Morgan fingerprint density at radius 3 is 2.19 bits per heavy atom. The maximum Gasteiger partial charge on any atom is 0.317 e. The lowest BCUT2D eigenvalue weighted by atomic mass is 10.0. The molecule has 2 rings (SSSR count). The molecule has 0 aromatic heterocycles. The number of morpholine rings is 1. The fourth-order valence-corrected chi connectivity index (χ4v) is 2.95. The zero-order chi connectivity index (χ0) is 19.1. The van der Waals surface area contributed by atoms with Crippen molar-refractivity contribution in [3.05, 3.63) is 17.7 Å². The molecule has 1 saturated heterocycles. The molecule has 0 radical (unpaired) electrons. The van der Waals surface area contributed by atoms with Crippen LogP contribution in [0.25, 0.3) is 0 Å². The lowest BCUT2D eigenvalue weighted by molar-refractivity contribution is 0.0528. The fraction of sp³-hybridized carbons (Fsp3) is 0.611. The molecule has 1 N–H and O–H groups in total. The van der Waals surface area contributed by atoms with Crippen LogP contribution in [0.2, 0.25) is 0 Å². The van der Waals surface area contributed by atoms with Gasteiger partial charge in [0.05, 0.1) is 40.6 Å². The summed E-state index contributed by atoms with van der Waals surface area (Å²) in [6, 6.07) is 3.70. The minimum atomic E-state index is -0.0763. The van der Waals surface area contributed by atoms with E-state index >= 15 is 0 Å². The van der Waals surface area contributed by atoms with Gasteiger partial charge < -0.3 is 34.1 Å². The number of nitrogens with zero attached hydrogens (tertiary/aromatic N) is 2. The van der Waals surface area contributed by atoms with Crippen molar-refractivity contribution in [1.82, 2.24) is 15.1 Å². The summed E-state index contributed by atoms with van der Waals surface area (Å²) in [5, 5.41) is 3.01. The van der Waals surface area contributed by atoms with Gasteiger partial charge in [0.1, 0.15) is 0 Å². The predicted molar refractivity (Wildman–Crippen MR) is 98.3 cm³/mol. The molecule has 8 heteroatoms. The summed E-state index contributed by atoms with van der Waals surface area (Å²) < 4.78 is 21.5. The van der Waals surface area contributed by atoms with E-state index in [2.05, 4.69) is 5.32 Å². The summed E-state index contributed by atoms with van der Waals surface area (Å²) in [6.45, 7) is 2.85. The number of methoxy groups -OCH3 is 3. The minimum Gasteiger partial charge on any atom is -0.493 e. The van der Waals surface area contributed by atoms with Crippen molar-refractivity contribution >= 4 is 6.03 Å². The smallest absolute Gasteiger partial charge is 0.317 e. The van der Waals surface area contributed by atoms with Gasteiger partial charge in [-0.15, -0.1) is 0 Å². The first kappa shape index (κ1) is 20.1. The van der Waals surface area contributed by atoms with Crippen LogP contribution in [0.5, 0.6) is 17.2 Å². The van der Waals surface area contributed by atoms with Gasteiger partial charge in [-0.1, -0.05) is 0 Å². The molecule has 1 fully saturated rings. The van der Waals surface area contributed by atoms with Gasteiger partial charge in [0.25, 0.3) is 0 Å². The lowest BCUT2D eigenvalue weighted by Crippen LogP contribution is -2.47. The van der Waals surface area contributed by atoms with Crippen LogP contribution in [0.15, 0.2) is 12.1 Å². The van der Waals surface area contributed by atoms with Gasteiger partial charge in [-0.3, -0.25) is 0 Å². The first-order chi connectivity index (χ1) is 12.5. The van der Waals surface area contributed by atoms with Gasteiger partial charge >= 0.3 is 6.03 Å². The zero-order valence-electron chi connectivity index (χ0n) is 16.2. The number of urea groups is 1. The molecule has 26 heavy (non-hydrogen) atoms. The van der Waals surface area contributed by atoms with E-state index in [9.17, 15) is 4.79 Å². The van der Waals surface area contributed by atoms with Gasteiger partial charge in [-0.25, -0.2) is 4.79 Å². The van der Waals surface area contributed by atoms with Gasteiger partial charge in [0.2, 0.25) is 5.75 Å². The van der Waals surface area contributed by atoms with E-state index in [-0.39, 0.29) is 12.1 Å². The molecule has 1 aliphatic rings. The summed E-state index contributed by atoms with van der Waals surface area (Å²) >= 11 is 0. The van der Waals surface area contributed by atoms with Gasteiger partial charge in [-0.2, -0.15) is 0 Å². The van der Waals surface area contributed by atoms with Crippen molar-refractivity contribution in [1.29, 1.82) is 0 Å². The molecule has 0 saturated carbocycles. The van der Waals surface area contributed by atoms with Gasteiger partial charge in [0.15, 0.2) is 11.5 Å². The molecule has 8 nitrogen and oxygen atoms in total. The van der Waals surface area contributed by atoms with Crippen LogP contribution in [0.3, 0.4) is 0 Å². The summed E-state index contributed by atoms with van der Waals surface area (Å²) in [6.07, 6.45) is 0. The molecule has 1 aromatic rings. The molecule has 1 unspecified atom stereocenters. The Morgan fingerprint density at radius 1 is 1.15 bits per heavy atom. The largest absolute Gasteiger partial charge is 0.493 e. The van der Waals surface area contributed by atoms with Crippen molar-refractivity contribution in [3.63, 3.8) is 0 Å². The van der Waals surface area contributed by atoms with Crippen molar-refractivity contribution in [2.45, 2.75) is 6.04 Å². The molecule has 146 valence electrons. The second kappa shape index (κ2) is 9.49. The van der Waals surface area contributed by atoms with Crippen LogP contribution >= 0.6 is 0 Å². The number of carbonyl (C=O) groups excluding carboxylic acids is 1. The summed E-state index contributed by atoms with van der Waals surface area (Å²) in [4.78, 5) is 16.2. The highest BCUT2D eigenvalue weighted by molar-refractivity contribution is 5.74. The Hall–Kier alpha value is -2.19. The van der Waals surface area contributed by atoms with Crippen LogP contribution in [0.1, 0.15) is 11.6 Å². The molecule has 1 atom stereocenters. The molecule has 1 aromatic carbocycles. The van der Waals surface area contributed by atoms with Crippen LogP contribution in [0, 0.1) is 0 Å². The van der Waals surface area contributed by atoms with Crippen molar-refractivity contribution in [2.75, 3.05) is 68.3 Å². The highest BCUT2D eigenvalue weighted by atomic mass is 16.5. The molecule has 1 aliphatic heterocycles. The van der Waals surface area contributed by atoms with Crippen molar-refractivity contribution < 1.29 is 23.7 Å². The predicted octanol–water partition coefficient (Wildman–Crippen LogP) is 1.36. The maximum absolute atomic E-state index is 12.4. The number of amides is 2. The number of nitrogens with one attached hydrogen (secondary N) is 1. The van der Waals surface area contributed by atoms with Gasteiger partial charge in [0, 0.05) is 19.6 Å². The number of likely N-dealkylation sites (N-methyl/N-ethyl adjacent to an activating group) is 1. The quantitative estimate of drug-likeness (QED) is 0.785. The van der Waals surface area contributed by atoms with E-state index in [0.717, 1.165) is 5.56 Å². The Labute approximate surface area is 154 Å². The molecule has 0 spiro atoms. The number of carbonyl (C=O) groups is 1. The van der Waals surface area contributed by atoms with E-state index in [4.69, 9.17) is 18.9 Å². The van der Waals surface area contributed by atoms with Crippen molar-refractivity contribution in [3.8, 4) is 17.2 Å². The topological polar surface area (TPSA) is 72.5 Å². The maximum atomic E-state index is 12.4. The number of ether oxygens (including phenoxy) is 4. The lowest BCUT2D eigenvalue weighted by Gasteiger charge is -2.30. The summed E-state index contributed by atoms with van der Waals surface area (Å²) in [5.41, 5.74) is 0.965. The molecule has 1 heterocycles. The first-order valence-corrected chi connectivity index (χ1v) is 8.58. The standard InChI is InChI=1S/C18H29N3O5/c1-20(2)14(12-19-18(22)21-6-8-26-9-7-21)13-10-15(23-3)17(25-5)16(11-13)24-4/h10-11,14H,6-9,12H2,1-5H3,(H,19,22). The third-order valence-corrected chi connectivity index (χ3v) is 4.44. The van der Waals surface area contributed by atoms with Crippen LogP contribution in [0.4, 0.5) is 4.79 Å². The normalized spacial score (nSPS) is 15.5. The fourth-order valence-electron chi connectivity index (χ4n) is 2.95. The Balaban J connectivity index is 2.17. The van der Waals surface area contributed by atoms with E-state index in [1.165, 1.54) is 0 Å². The van der Waals surface area contributed by atoms with E-state index in [1.807, 2.05) is 31.1 Å². The molecular formula is C18H29N3O5. The monoisotopic (exact) mass is 367 g/mol. The average molecular weight is 367 g/mol. The number of benzene rings is 1. The first-order valence-electron chi connectivity index (χ1n) is 8.58. The van der Waals surface area contributed by atoms with Crippen LogP contribution in [-0.2, 0) is 4.74 Å². The Kier molecular flexibility index (Phi) is 7.35. The second-order valence-electron chi connectivity index (χ2n) is 6.22. The summed E-state index contributed by atoms with van der Waals surface area (Å²) in [5.74, 6) is 1.73. The highest BCUT2D eigenvalue weighted by Gasteiger charge is 2.23. The SMILES string of the molecule is COc1cc(C(CNC(=O)N2CCOCC2)N(C)C)cc(OC)c1OC. The number of hydrogen-bond acceptors (Lipinski definition) is 6. The zero-order valence-corrected chi connectivity index (χ0v) is 16.2. The van der Waals surface area contributed by atoms with E-state index in [0.29, 0.717) is 50.1 Å². The summed E-state index contributed by atoms with van der Waals surface area (Å²) in [7, 11) is 8.69. The van der Waals surface area contributed by atoms with E-state index in [1.54, 1.807) is 26.2 Å². The Bertz CT molecular complexity index is 577. The molecule has 2 amide bonds. The highest BCUT2D eigenvalue weighted by Crippen LogP contribution is 2.40. The van der Waals surface area contributed by atoms with Crippen LogP contribution in [-0.4, -0.2) is 84.1 Å². The third-order valence-electron chi connectivity index (χ3n) is 4.44. The minimum absolute atomic E-state index is 0.0475. The molecule has 0 bridgehead atoms. The van der Waals surface area contributed by atoms with E-state index < -0.39 is 0 Å². The average Bonchev–Trinajstić information content (AvgIpc) is 2.67. The number of rotatable bonds is 7. The Morgan fingerprint density at radius 2 is 1.73 bits per heavy atom. The van der Waals surface area contributed by atoms with Crippen LogP contribution < -0.4 is 19.5 Å². The third kappa shape index (κ3) is 4.70. The number of hydrogen-bond donors (Lipinski definition) is 1. The molecular weight excluding hydrogens is 338 g/mol.